The maximum absolute atomic E-state index is 10.7. The fourth-order valence-electron chi connectivity index (χ4n) is 4.72. The number of hydrogen-bond acceptors (Lipinski definition) is 3. The topological polar surface area (TPSA) is 46.4 Å². The average molecular weight is 288 g/mol. The van der Waals surface area contributed by atoms with Crippen LogP contribution >= 0.6 is 0 Å². The van der Waals surface area contributed by atoms with Crippen LogP contribution in [-0.4, -0.2) is 22.4 Å². The summed E-state index contributed by atoms with van der Waals surface area (Å²) in [5.41, 5.74) is 2.22. The Kier molecular flexibility index (Phi) is 3.32. The van der Waals surface area contributed by atoms with Crippen molar-refractivity contribution in [2.75, 3.05) is 6.54 Å². The molecule has 2 aliphatic rings. The summed E-state index contributed by atoms with van der Waals surface area (Å²) in [6.45, 7) is 9.24. The number of rotatable bonds is 3. The third-order valence-corrected chi connectivity index (χ3v) is 5.06. The Hall–Kier alpha value is -1.42. The molecule has 1 saturated carbocycles. The minimum atomic E-state index is -0.337. The van der Waals surface area contributed by atoms with Gasteiger partial charge in [-0.3, -0.25) is 15.0 Å². The molecule has 2 fully saturated rings. The largest absolute Gasteiger partial charge is 0.296 e. The van der Waals surface area contributed by atoms with Crippen LogP contribution < -0.4 is 0 Å². The molecule has 0 N–H and O–H groups in total. The van der Waals surface area contributed by atoms with Gasteiger partial charge in [-0.25, -0.2) is 0 Å². The fraction of sp³-hybridized carbons (Fsp3) is 0.647. The zero-order valence-electron chi connectivity index (χ0n) is 13.1. The highest BCUT2D eigenvalue weighted by molar-refractivity contribution is 5.33. The highest BCUT2D eigenvalue weighted by Crippen LogP contribution is 2.52. The van der Waals surface area contributed by atoms with Gasteiger partial charge in [0.25, 0.3) is 5.69 Å². The Morgan fingerprint density at radius 2 is 1.90 bits per heavy atom. The number of likely N-dealkylation sites (tertiary alicyclic amines) is 1. The summed E-state index contributed by atoms with van der Waals surface area (Å²) in [5, 5.41) is 10.7. The van der Waals surface area contributed by atoms with Crippen LogP contribution in [0.5, 0.6) is 0 Å². The second kappa shape index (κ2) is 4.80. The van der Waals surface area contributed by atoms with Crippen LogP contribution in [0.1, 0.15) is 45.6 Å². The van der Waals surface area contributed by atoms with Gasteiger partial charge in [0.1, 0.15) is 0 Å². The highest BCUT2D eigenvalue weighted by Gasteiger charge is 2.49. The molecular weight excluding hydrogens is 264 g/mol. The van der Waals surface area contributed by atoms with Gasteiger partial charge in [0, 0.05) is 31.3 Å². The molecule has 4 nitrogen and oxygen atoms in total. The molecule has 0 amide bonds. The van der Waals surface area contributed by atoms with Gasteiger partial charge in [-0.1, -0.05) is 32.9 Å². The van der Waals surface area contributed by atoms with E-state index >= 15 is 0 Å². The van der Waals surface area contributed by atoms with E-state index in [2.05, 4.69) is 25.7 Å². The van der Waals surface area contributed by atoms with E-state index in [0.29, 0.717) is 16.9 Å². The van der Waals surface area contributed by atoms with Gasteiger partial charge in [-0.15, -0.1) is 0 Å². The van der Waals surface area contributed by atoms with Crippen molar-refractivity contribution in [1.82, 2.24) is 4.90 Å². The summed E-state index contributed by atoms with van der Waals surface area (Å²) < 4.78 is 0. The van der Waals surface area contributed by atoms with Crippen LogP contribution in [0.15, 0.2) is 24.3 Å². The molecule has 1 heterocycles. The summed E-state index contributed by atoms with van der Waals surface area (Å²) in [6.07, 6.45) is 3.85. The van der Waals surface area contributed by atoms with E-state index in [0.717, 1.165) is 13.1 Å². The first-order valence-electron chi connectivity index (χ1n) is 7.74. The van der Waals surface area contributed by atoms with Gasteiger partial charge in [0.15, 0.2) is 0 Å². The number of nitro groups is 1. The molecule has 21 heavy (non-hydrogen) atoms. The highest BCUT2D eigenvalue weighted by atomic mass is 16.6. The molecule has 4 heteroatoms. The standard InChI is InChI=1S/C17H24N2O2/c1-16(2)8-15-9-17(3,11-16)12-18(15)10-13-4-6-14(7-5-13)19(20)21/h4-7,15H,8-12H2,1-3H3/t15-,17-/m1/s1. The van der Waals surface area contributed by atoms with Crippen molar-refractivity contribution in [3.63, 3.8) is 0 Å². The quantitative estimate of drug-likeness (QED) is 0.624. The first kappa shape index (κ1) is 14.5. The van der Waals surface area contributed by atoms with Gasteiger partial charge >= 0.3 is 0 Å². The first-order valence-corrected chi connectivity index (χ1v) is 7.74. The summed E-state index contributed by atoms with van der Waals surface area (Å²) in [5.74, 6) is 0. The van der Waals surface area contributed by atoms with E-state index in [1.807, 2.05) is 12.1 Å². The SMILES string of the molecule is CC1(C)C[C@@H]2C[C@@](C)(CN2Cc2ccc([N+](=O)[O-])cc2)C1. The Morgan fingerprint density at radius 1 is 1.24 bits per heavy atom. The Labute approximate surface area is 126 Å². The lowest BCUT2D eigenvalue weighted by molar-refractivity contribution is -0.384. The van der Waals surface area contributed by atoms with Gasteiger partial charge in [0.2, 0.25) is 0 Å². The van der Waals surface area contributed by atoms with Crippen LogP contribution in [0.2, 0.25) is 0 Å². The molecule has 2 bridgehead atoms. The Balaban J connectivity index is 1.73. The molecule has 1 aliphatic carbocycles. The Morgan fingerprint density at radius 3 is 2.52 bits per heavy atom. The van der Waals surface area contributed by atoms with E-state index in [-0.39, 0.29) is 10.6 Å². The maximum atomic E-state index is 10.7. The number of fused-ring (bicyclic) bond motifs is 2. The lowest BCUT2D eigenvalue weighted by atomic mass is 9.65. The smallest absolute Gasteiger partial charge is 0.269 e. The molecule has 1 aromatic rings. The lowest BCUT2D eigenvalue weighted by Gasteiger charge is -2.40. The molecule has 0 spiro atoms. The molecule has 114 valence electrons. The van der Waals surface area contributed by atoms with Crippen molar-refractivity contribution in [2.24, 2.45) is 10.8 Å². The van der Waals surface area contributed by atoms with Crippen molar-refractivity contribution >= 4 is 5.69 Å². The van der Waals surface area contributed by atoms with E-state index in [4.69, 9.17) is 0 Å². The molecule has 0 radical (unpaired) electrons. The van der Waals surface area contributed by atoms with E-state index in [1.165, 1.54) is 24.8 Å². The minimum Gasteiger partial charge on any atom is -0.296 e. The summed E-state index contributed by atoms with van der Waals surface area (Å²) in [7, 11) is 0. The monoisotopic (exact) mass is 288 g/mol. The predicted octanol–water partition coefficient (Wildman–Crippen LogP) is 4.00. The second-order valence-corrected chi connectivity index (χ2v) is 8.04. The molecule has 0 unspecified atom stereocenters. The summed E-state index contributed by atoms with van der Waals surface area (Å²) in [6, 6.07) is 7.68. The zero-order chi connectivity index (χ0) is 15.3. The maximum Gasteiger partial charge on any atom is 0.269 e. The van der Waals surface area contributed by atoms with Crippen molar-refractivity contribution < 1.29 is 4.92 Å². The van der Waals surface area contributed by atoms with Gasteiger partial charge < -0.3 is 0 Å². The van der Waals surface area contributed by atoms with Crippen LogP contribution in [-0.2, 0) is 6.54 Å². The van der Waals surface area contributed by atoms with Crippen LogP contribution in [0.3, 0.4) is 0 Å². The number of benzene rings is 1. The van der Waals surface area contributed by atoms with E-state index in [9.17, 15) is 10.1 Å². The second-order valence-electron chi connectivity index (χ2n) is 8.04. The lowest BCUT2D eigenvalue weighted by Crippen LogP contribution is -2.34. The third-order valence-electron chi connectivity index (χ3n) is 5.06. The van der Waals surface area contributed by atoms with Crippen LogP contribution in [0, 0.1) is 20.9 Å². The first-order chi connectivity index (χ1) is 9.76. The van der Waals surface area contributed by atoms with Crippen molar-refractivity contribution in [2.45, 2.75) is 52.6 Å². The molecule has 0 aromatic heterocycles. The minimum absolute atomic E-state index is 0.173. The van der Waals surface area contributed by atoms with Gasteiger partial charge in [-0.05, 0) is 35.7 Å². The fourth-order valence-corrected chi connectivity index (χ4v) is 4.72. The third kappa shape index (κ3) is 2.95. The van der Waals surface area contributed by atoms with Crippen molar-refractivity contribution in [3.05, 3.63) is 39.9 Å². The van der Waals surface area contributed by atoms with Gasteiger partial charge in [0.05, 0.1) is 4.92 Å². The normalized spacial score (nSPS) is 31.3. The zero-order valence-corrected chi connectivity index (χ0v) is 13.1. The van der Waals surface area contributed by atoms with Crippen LogP contribution in [0.25, 0.3) is 0 Å². The summed E-state index contributed by atoms with van der Waals surface area (Å²) >= 11 is 0. The van der Waals surface area contributed by atoms with E-state index in [1.54, 1.807) is 12.1 Å². The number of nitro benzene ring substituents is 1. The van der Waals surface area contributed by atoms with Gasteiger partial charge in [-0.2, -0.15) is 0 Å². The van der Waals surface area contributed by atoms with E-state index < -0.39 is 0 Å². The predicted molar refractivity (Wildman–Crippen MR) is 83.0 cm³/mol. The number of nitrogens with zero attached hydrogens (tertiary/aromatic N) is 2. The average Bonchev–Trinajstić information content (AvgIpc) is 2.58. The number of non-ortho nitro benzene ring substituents is 1. The molecule has 2 atom stereocenters. The molecular formula is C17H24N2O2. The number of hydrogen-bond donors (Lipinski definition) is 0. The Bertz CT molecular complexity index is 552. The van der Waals surface area contributed by atoms with Crippen LogP contribution in [0.4, 0.5) is 5.69 Å². The molecule has 1 aliphatic heterocycles. The van der Waals surface area contributed by atoms with Crippen molar-refractivity contribution in [1.29, 1.82) is 0 Å². The molecule has 1 saturated heterocycles. The molecule has 3 rings (SSSR count). The molecule has 1 aromatic carbocycles. The summed E-state index contributed by atoms with van der Waals surface area (Å²) in [4.78, 5) is 13.0. The van der Waals surface area contributed by atoms with Crippen molar-refractivity contribution in [3.8, 4) is 0 Å².